The molecule has 0 aromatic carbocycles. The SMILES string of the molecule is C#Cc1cc(C(C)(C)CC)sn1. The van der Waals surface area contributed by atoms with Crippen molar-refractivity contribution in [2.45, 2.75) is 32.6 Å². The Morgan fingerprint density at radius 1 is 1.67 bits per heavy atom. The monoisotopic (exact) mass is 179 g/mol. The van der Waals surface area contributed by atoms with E-state index >= 15 is 0 Å². The molecule has 0 spiro atoms. The molecule has 0 atom stereocenters. The molecule has 1 aromatic rings. The van der Waals surface area contributed by atoms with Crippen LogP contribution in [0, 0.1) is 12.3 Å². The molecule has 1 heterocycles. The molecule has 0 N–H and O–H groups in total. The van der Waals surface area contributed by atoms with Gasteiger partial charge in [-0.2, -0.15) is 4.37 Å². The Bertz CT molecular complexity index is 304. The lowest BCUT2D eigenvalue weighted by Gasteiger charge is -2.19. The smallest absolute Gasteiger partial charge is 0.127 e. The highest BCUT2D eigenvalue weighted by Crippen LogP contribution is 2.29. The van der Waals surface area contributed by atoms with Crippen molar-refractivity contribution in [1.29, 1.82) is 0 Å². The number of rotatable bonds is 2. The summed E-state index contributed by atoms with van der Waals surface area (Å²) in [5.74, 6) is 2.54. The zero-order chi connectivity index (χ0) is 9.19. The summed E-state index contributed by atoms with van der Waals surface area (Å²) in [7, 11) is 0. The minimum absolute atomic E-state index is 0.215. The van der Waals surface area contributed by atoms with E-state index in [2.05, 4.69) is 31.1 Å². The lowest BCUT2D eigenvalue weighted by molar-refractivity contribution is 0.517. The molecule has 12 heavy (non-hydrogen) atoms. The van der Waals surface area contributed by atoms with Crippen molar-refractivity contribution in [2.75, 3.05) is 0 Å². The maximum absolute atomic E-state index is 5.24. The van der Waals surface area contributed by atoms with Gasteiger partial charge in [-0.25, -0.2) is 0 Å². The van der Waals surface area contributed by atoms with Crippen LogP contribution in [0.15, 0.2) is 6.07 Å². The van der Waals surface area contributed by atoms with Crippen LogP contribution in [0.25, 0.3) is 0 Å². The molecule has 0 unspecified atom stereocenters. The van der Waals surface area contributed by atoms with Crippen molar-refractivity contribution in [2.24, 2.45) is 0 Å². The Kier molecular flexibility index (Phi) is 2.54. The molecule has 0 aliphatic heterocycles. The molecule has 1 aromatic heterocycles. The summed E-state index contributed by atoms with van der Waals surface area (Å²) in [6.45, 7) is 6.59. The van der Waals surface area contributed by atoms with E-state index in [1.807, 2.05) is 6.07 Å². The maximum atomic E-state index is 5.24. The van der Waals surface area contributed by atoms with Gasteiger partial charge in [0.2, 0.25) is 0 Å². The van der Waals surface area contributed by atoms with Crippen molar-refractivity contribution in [3.8, 4) is 12.3 Å². The standard InChI is InChI=1S/C10H13NS/c1-5-8-7-9(12-11-8)10(3,4)6-2/h1,7H,6H2,2-4H3. The Hall–Kier alpha value is -0.810. The fourth-order valence-corrected chi connectivity index (χ4v) is 1.69. The zero-order valence-electron chi connectivity index (χ0n) is 7.72. The normalized spacial score (nSPS) is 11.2. The highest BCUT2D eigenvalue weighted by Gasteiger charge is 2.20. The topological polar surface area (TPSA) is 12.9 Å². The molecule has 0 radical (unpaired) electrons. The summed E-state index contributed by atoms with van der Waals surface area (Å²) in [4.78, 5) is 1.28. The minimum Gasteiger partial charge on any atom is -0.184 e. The first-order chi connectivity index (χ1) is 5.60. The van der Waals surface area contributed by atoms with E-state index in [1.54, 1.807) is 0 Å². The van der Waals surface area contributed by atoms with Crippen LogP contribution in [0.4, 0.5) is 0 Å². The average molecular weight is 179 g/mol. The fourth-order valence-electron chi connectivity index (χ4n) is 0.836. The van der Waals surface area contributed by atoms with E-state index in [0.29, 0.717) is 0 Å². The molecule has 0 saturated heterocycles. The largest absolute Gasteiger partial charge is 0.184 e. The Morgan fingerprint density at radius 2 is 2.33 bits per heavy atom. The lowest BCUT2D eigenvalue weighted by atomic mass is 9.88. The van der Waals surface area contributed by atoms with Gasteiger partial charge in [0.05, 0.1) is 0 Å². The number of terminal acetylenes is 1. The van der Waals surface area contributed by atoms with Gasteiger partial charge in [0, 0.05) is 10.3 Å². The molecule has 1 rings (SSSR count). The lowest BCUT2D eigenvalue weighted by Crippen LogP contribution is -2.12. The van der Waals surface area contributed by atoms with Crippen LogP contribution in [0.5, 0.6) is 0 Å². The zero-order valence-corrected chi connectivity index (χ0v) is 8.53. The Morgan fingerprint density at radius 3 is 2.75 bits per heavy atom. The Balaban J connectivity index is 2.98. The van der Waals surface area contributed by atoms with Gasteiger partial charge in [0.25, 0.3) is 0 Å². The van der Waals surface area contributed by atoms with Crippen LogP contribution in [0.2, 0.25) is 0 Å². The number of aromatic nitrogens is 1. The quantitative estimate of drug-likeness (QED) is 0.636. The van der Waals surface area contributed by atoms with Gasteiger partial charge in [0.15, 0.2) is 0 Å². The minimum atomic E-state index is 0.215. The van der Waals surface area contributed by atoms with Crippen LogP contribution in [-0.4, -0.2) is 4.37 Å². The van der Waals surface area contributed by atoms with Gasteiger partial charge < -0.3 is 0 Å². The number of nitrogens with zero attached hydrogens (tertiary/aromatic N) is 1. The molecule has 0 bridgehead atoms. The van der Waals surface area contributed by atoms with Crippen LogP contribution in [0.3, 0.4) is 0 Å². The molecular formula is C10H13NS. The number of hydrogen-bond acceptors (Lipinski definition) is 2. The molecule has 0 fully saturated rings. The Labute approximate surface area is 78.0 Å². The van der Waals surface area contributed by atoms with E-state index in [4.69, 9.17) is 6.42 Å². The predicted octanol–water partition coefficient (Wildman–Crippen LogP) is 2.81. The third-order valence-corrected chi connectivity index (χ3v) is 3.36. The van der Waals surface area contributed by atoms with Gasteiger partial charge in [-0.15, -0.1) is 6.42 Å². The molecule has 64 valence electrons. The molecule has 2 heteroatoms. The van der Waals surface area contributed by atoms with E-state index < -0.39 is 0 Å². The molecule has 0 amide bonds. The first-order valence-electron chi connectivity index (χ1n) is 4.04. The second-order valence-corrected chi connectivity index (χ2v) is 4.26. The number of hydrogen-bond donors (Lipinski definition) is 0. The van der Waals surface area contributed by atoms with Gasteiger partial charge in [-0.3, -0.25) is 0 Å². The highest BCUT2D eigenvalue weighted by atomic mass is 32.1. The van der Waals surface area contributed by atoms with Crippen molar-refractivity contribution in [3.05, 3.63) is 16.6 Å². The summed E-state index contributed by atoms with van der Waals surface area (Å²) in [5.41, 5.74) is 0.976. The third-order valence-electron chi connectivity index (χ3n) is 2.21. The van der Waals surface area contributed by atoms with Crippen molar-refractivity contribution >= 4 is 11.5 Å². The van der Waals surface area contributed by atoms with Gasteiger partial charge in [-0.05, 0) is 29.9 Å². The molecule has 1 nitrogen and oxygen atoms in total. The van der Waals surface area contributed by atoms with Crippen LogP contribution >= 0.6 is 11.5 Å². The van der Waals surface area contributed by atoms with E-state index in [9.17, 15) is 0 Å². The van der Waals surface area contributed by atoms with Crippen LogP contribution in [-0.2, 0) is 5.41 Å². The summed E-state index contributed by atoms with van der Waals surface area (Å²) in [6.07, 6.45) is 6.35. The van der Waals surface area contributed by atoms with Gasteiger partial charge in [0.1, 0.15) is 5.69 Å². The van der Waals surface area contributed by atoms with Crippen molar-refractivity contribution in [3.63, 3.8) is 0 Å². The summed E-state index contributed by atoms with van der Waals surface area (Å²) in [5, 5.41) is 0. The summed E-state index contributed by atoms with van der Waals surface area (Å²) in [6, 6.07) is 2.01. The second kappa shape index (κ2) is 3.28. The average Bonchev–Trinajstić information content (AvgIpc) is 2.52. The van der Waals surface area contributed by atoms with Crippen LogP contribution < -0.4 is 0 Å². The van der Waals surface area contributed by atoms with Gasteiger partial charge >= 0.3 is 0 Å². The second-order valence-electron chi connectivity index (χ2n) is 3.46. The van der Waals surface area contributed by atoms with E-state index in [-0.39, 0.29) is 5.41 Å². The van der Waals surface area contributed by atoms with Crippen molar-refractivity contribution < 1.29 is 0 Å². The summed E-state index contributed by atoms with van der Waals surface area (Å²) < 4.78 is 4.15. The molecule has 0 saturated carbocycles. The first kappa shape index (κ1) is 9.28. The van der Waals surface area contributed by atoms with Crippen LogP contribution in [0.1, 0.15) is 37.8 Å². The van der Waals surface area contributed by atoms with Gasteiger partial charge in [-0.1, -0.05) is 20.8 Å². The fraction of sp³-hybridized carbons (Fsp3) is 0.500. The summed E-state index contributed by atoms with van der Waals surface area (Å²) >= 11 is 1.51. The van der Waals surface area contributed by atoms with E-state index in [1.165, 1.54) is 16.4 Å². The molecule has 0 aliphatic rings. The van der Waals surface area contributed by atoms with E-state index in [0.717, 1.165) is 12.1 Å². The molecule has 0 aliphatic carbocycles. The molecular weight excluding hydrogens is 166 g/mol. The first-order valence-corrected chi connectivity index (χ1v) is 4.81. The maximum Gasteiger partial charge on any atom is 0.127 e. The highest BCUT2D eigenvalue weighted by molar-refractivity contribution is 7.06. The predicted molar refractivity (Wildman–Crippen MR) is 53.4 cm³/mol. The van der Waals surface area contributed by atoms with Crippen molar-refractivity contribution in [1.82, 2.24) is 4.37 Å². The third kappa shape index (κ3) is 1.67.